The van der Waals surface area contributed by atoms with Crippen LogP contribution in [0, 0.1) is 0 Å². The molecule has 160 valence electrons. The number of piperazine rings is 1. The van der Waals surface area contributed by atoms with Gasteiger partial charge in [0.1, 0.15) is 17.5 Å². The highest BCUT2D eigenvalue weighted by Crippen LogP contribution is 2.38. The zero-order chi connectivity index (χ0) is 20.6. The van der Waals surface area contributed by atoms with E-state index >= 15 is 0 Å². The monoisotopic (exact) mass is 415 g/mol. The third kappa shape index (κ3) is 4.45. The Morgan fingerprint density at radius 3 is 2.53 bits per heavy atom. The van der Waals surface area contributed by atoms with Gasteiger partial charge < -0.3 is 20.4 Å². The second kappa shape index (κ2) is 7.94. The van der Waals surface area contributed by atoms with Gasteiger partial charge >= 0.3 is 0 Å². The van der Waals surface area contributed by atoms with Crippen molar-refractivity contribution in [2.75, 3.05) is 54.4 Å². The third-order valence-electron chi connectivity index (χ3n) is 5.92. The number of rotatable bonds is 5. The van der Waals surface area contributed by atoms with Crippen LogP contribution in [-0.4, -0.2) is 60.1 Å². The number of nitrogens with zero attached hydrogens (tertiary/aromatic N) is 5. The summed E-state index contributed by atoms with van der Waals surface area (Å²) < 4.78 is 28.1. The first kappa shape index (κ1) is 19.4. The summed E-state index contributed by atoms with van der Waals surface area (Å²) in [7, 11) is 0. The van der Waals surface area contributed by atoms with Crippen molar-refractivity contribution < 1.29 is 8.78 Å². The first-order chi connectivity index (χ1) is 14.6. The van der Waals surface area contributed by atoms with Gasteiger partial charge in [-0.2, -0.15) is 0 Å². The molecule has 1 saturated carbocycles. The summed E-state index contributed by atoms with van der Waals surface area (Å²) in [6.45, 7) is 3.83. The summed E-state index contributed by atoms with van der Waals surface area (Å²) in [5.41, 5.74) is 2.01. The highest BCUT2D eigenvalue weighted by molar-refractivity contribution is 5.65. The molecule has 0 bridgehead atoms. The molecule has 0 radical (unpaired) electrons. The number of hydrogen-bond donors (Lipinski definition) is 2. The minimum atomic E-state index is -2.68. The summed E-state index contributed by atoms with van der Waals surface area (Å²) in [5.74, 6) is -0.339. The average Bonchev–Trinajstić information content (AvgIpc) is 3.59. The molecule has 9 heteroatoms. The normalized spacial score (nSPS) is 21.5. The van der Waals surface area contributed by atoms with Crippen LogP contribution in [0.3, 0.4) is 0 Å². The molecule has 0 aromatic carbocycles. The van der Waals surface area contributed by atoms with Crippen LogP contribution in [0.2, 0.25) is 0 Å². The standard InChI is InChI=1S/C21H27F2N7/c22-21(23)4-1-7-30(14-21)20-11-16(29-8-5-24-6-9-29)10-18(28-20)27-19-13-25-17(12-26-19)15-2-3-15/h10-13,15,24H,1-9,14H2,(H,26,27,28). The largest absolute Gasteiger partial charge is 0.369 e. The maximum absolute atomic E-state index is 14.0. The second-order valence-corrected chi connectivity index (χ2v) is 8.41. The number of pyridine rings is 1. The summed E-state index contributed by atoms with van der Waals surface area (Å²) in [6.07, 6.45) is 6.30. The molecule has 0 unspecified atom stereocenters. The zero-order valence-corrected chi connectivity index (χ0v) is 16.9. The number of piperidine rings is 1. The molecule has 2 N–H and O–H groups in total. The van der Waals surface area contributed by atoms with E-state index in [1.807, 2.05) is 18.3 Å². The van der Waals surface area contributed by atoms with Gasteiger partial charge in [0.05, 0.1) is 24.6 Å². The third-order valence-corrected chi connectivity index (χ3v) is 5.92. The average molecular weight is 415 g/mol. The maximum atomic E-state index is 14.0. The van der Waals surface area contributed by atoms with E-state index in [0.29, 0.717) is 36.3 Å². The quantitative estimate of drug-likeness (QED) is 0.778. The highest BCUT2D eigenvalue weighted by Gasteiger charge is 2.36. The minimum absolute atomic E-state index is 0.0605. The topological polar surface area (TPSA) is 69.2 Å². The molecule has 3 fully saturated rings. The summed E-state index contributed by atoms with van der Waals surface area (Å²) in [5, 5.41) is 6.58. The number of hydrogen-bond acceptors (Lipinski definition) is 7. The summed E-state index contributed by atoms with van der Waals surface area (Å²) >= 11 is 0. The molecule has 2 aromatic heterocycles. The predicted octanol–water partition coefficient (Wildman–Crippen LogP) is 3.14. The number of aromatic nitrogens is 3. The molecule has 3 aliphatic rings. The number of nitrogens with one attached hydrogen (secondary N) is 2. The molecule has 0 atom stereocenters. The predicted molar refractivity (Wildman–Crippen MR) is 113 cm³/mol. The Morgan fingerprint density at radius 2 is 1.83 bits per heavy atom. The lowest BCUT2D eigenvalue weighted by Crippen LogP contribution is -2.44. The van der Waals surface area contributed by atoms with E-state index in [1.54, 1.807) is 11.1 Å². The lowest BCUT2D eigenvalue weighted by molar-refractivity contribution is -0.0118. The van der Waals surface area contributed by atoms with Crippen LogP contribution in [-0.2, 0) is 0 Å². The van der Waals surface area contributed by atoms with Gasteiger partial charge in [-0.25, -0.2) is 18.7 Å². The molecular weight excluding hydrogens is 388 g/mol. The van der Waals surface area contributed by atoms with Gasteiger partial charge in [0.25, 0.3) is 5.92 Å². The molecule has 2 aliphatic heterocycles. The van der Waals surface area contributed by atoms with Gasteiger partial charge in [0.2, 0.25) is 0 Å². The van der Waals surface area contributed by atoms with Crippen LogP contribution in [0.25, 0.3) is 0 Å². The first-order valence-electron chi connectivity index (χ1n) is 10.8. The first-order valence-corrected chi connectivity index (χ1v) is 10.8. The van der Waals surface area contributed by atoms with Gasteiger partial charge in [-0.3, -0.25) is 4.98 Å². The van der Waals surface area contributed by atoms with Crippen molar-refractivity contribution in [3.8, 4) is 0 Å². The van der Waals surface area contributed by atoms with Crippen molar-refractivity contribution in [3.63, 3.8) is 0 Å². The molecule has 5 rings (SSSR count). The summed E-state index contributed by atoms with van der Waals surface area (Å²) in [6, 6.07) is 3.90. The van der Waals surface area contributed by atoms with Crippen molar-refractivity contribution in [1.29, 1.82) is 0 Å². The lowest BCUT2D eigenvalue weighted by Gasteiger charge is -2.35. The van der Waals surface area contributed by atoms with E-state index in [-0.39, 0.29) is 13.0 Å². The molecular formula is C21H27F2N7. The Morgan fingerprint density at radius 1 is 1.00 bits per heavy atom. The van der Waals surface area contributed by atoms with Crippen LogP contribution < -0.4 is 20.4 Å². The minimum Gasteiger partial charge on any atom is -0.369 e. The molecule has 7 nitrogen and oxygen atoms in total. The highest BCUT2D eigenvalue weighted by atomic mass is 19.3. The van der Waals surface area contributed by atoms with Gasteiger partial charge in [-0.05, 0) is 19.3 Å². The Labute approximate surface area is 174 Å². The number of halogens is 2. The molecule has 4 heterocycles. The van der Waals surface area contributed by atoms with Crippen LogP contribution in [0.15, 0.2) is 24.5 Å². The fourth-order valence-corrected chi connectivity index (χ4v) is 4.12. The fourth-order valence-electron chi connectivity index (χ4n) is 4.12. The van der Waals surface area contributed by atoms with E-state index in [0.717, 1.165) is 37.6 Å². The Bertz CT molecular complexity index is 879. The van der Waals surface area contributed by atoms with Crippen molar-refractivity contribution in [1.82, 2.24) is 20.3 Å². The molecule has 30 heavy (non-hydrogen) atoms. The summed E-state index contributed by atoms with van der Waals surface area (Å²) in [4.78, 5) is 17.6. The Balaban J connectivity index is 1.42. The van der Waals surface area contributed by atoms with E-state index in [9.17, 15) is 8.78 Å². The fraction of sp³-hybridized carbons (Fsp3) is 0.571. The van der Waals surface area contributed by atoms with Crippen LogP contribution in [0.5, 0.6) is 0 Å². The van der Waals surface area contributed by atoms with E-state index < -0.39 is 5.92 Å². The zero-order valence-electron chi connectivity index (χ0n) is 16.9. The Kier molecular flexibility index (Phi) is 5.14. The molecule has 1 aliphatic carbocycles. The van der Waals surface area contributed by atoms with Crippen LogP contribution in [0.4, 0.5) is 31.9 Å². The van der Waals surface area contributed by atoms with Gasteiger partial charge in [-0.15, -0.1) is 0 Å². The van der Waals surface area contributed by atoms with Gasteiger partial charge in [0, 0.05) is 62.9 Å². The van der Waals surface area contributed by atoms with Crippen LogP contribution >= 0.6 is 0 Å². The van der Waals surface area contributed by atoms with Crippen molar-refractivity contribution in [2.45, 2.75) is 37.5 Å². The Hall–Kier alpha value is -2.55. The van der Waals surface area contributed by atoms with Crippen molar-refractivity contribution in [2.24, 2.45) is 0 Å². The van der Waals surface area contributed by atoms with Crippen LogP contribution in [0.1, 0.15) is 37.3 Å². The van der Waals surface area contributed by atoms with Gasteiger partial charge in [0.15, 0.2) is 0 Å². The SMILES string of the molecule is FC1(F)CCCN(c2cc(N3CCNCC3)cc(Nc3cnc(C4CC4)cn3)n2)C1. The molecule has 2 aromatic rings. The molecule has 2 saturated heterocycles. The molecule has 0 spiro atoms. The smallest absolute Gasteiger partial charge is 0.265 e. The van der Waals surface area contributed by atoms with E-state index in [2.05, 4.69) is 30.5 Å². The lowest BCUT2D eigenvalue weighted by atomic mass is 10.1. The second-order valence-electron chi connectivity index (χ2n) is 8.41. The van der Waals surface area contributed by atoms with Crippen molar-refractivity contribution >= 4 is 23.1 Å². The van der Waals surface area contributed by atoms with E-state index in [4.69, 9.17) is 0 Å². The molecule has 0 amide bonds. The van der Waals surface area contributed by atoms with E-state index in [1.165, 1.54) is 12.8 Å². The maximum Gasteiger partial charge on any atom is 0.265 e. The van der Waals surface area contributed by atoms with Gasteiger partial charge in [-0.1, -0.05) is 0 Å². The van der Waals surface area contributed by atoms with Crippen molar-refractivity contribution in [3.05, 3.63) is 30.2 Å². The number of anilines is 4. The number of alkyl halides is 2.